The van der Waals surface area contributed by atoms with Gasteiger partial charge in [-0.3, -0.25) is 9.35 Å². The van der Waals surface area contributed by atoms with E-state index in [9.17, 15) is 13.2 Å². The van der Waals surface area contributed by atoms with Crippen molar-refractivity contribution in [2.45, 2.75) is 6.92 Å². The molecular weight excluding hydrogens is 418 g/mol. The molecule has 0 atom stereocenters. The molecule has 24 heavy (non-hydrogen) atoms. The zero-order valence-electron chi connectivity index (χ0n) is 12.6. The smallest absolute Gasteiger partial charge is 0.287 e. The molecule has 0 fully saturated rings. The molecule has 0 bridgehead atoms. The molecule has 0 heterocycles. The molecule has 3 N–H and O–H groups in total. The average molecular weight is 433 g/mol. The second-order valence-electron chi connectivity index (χ2n) is 4.72. The van der Waals surface area contributed by atoms with E-state index in [2.05, 4.69) is 15.9 Å². The Morgan fingerprint density at radius 2 is 1.92 bits per heavy atom. The van der Waals surface area contributed by atoms with Crippen LogP contribution in [0.1, 0.15) is 21.5 Å². The Bertz CT molecular complexity index is 866. The highest BCUT2D eigenvalue weighted by Crippen LogP contribution is 2.17. The SMILES string of the molecule is Cc1ccc(C(N)=O)c(Br)c1.O=S(=O)(O)/C=C/c1cccc(Cl)c1. The lowest BCUT2D eigenvalue weighted by atomic mass is 10.1. The minimum Gasteiger partial charge on any atom is -0.366 e. The molecule has 2 rings (SSSR count). The summed E-state index contributed by atoms with van der Waals surface area (Å²) >= 11 is 8.90. The molecule has 0 aliphatic rings. The van der Waals surface area contributed by atoms with Gasteiger partial charge in [0.25, 0.3) is 10.1 Å². The first-order valence-corrected chi connectivity index (χ1v) is 9.23. The predicted octanol–water partition coefficient (Wildman–Crippen LogP) is 4.05. The van der Waals surface area contributed by atoms with E-state index >= 15 is 0 Å². The maximum atomic E-state index is 10.7. The number of carbonyl (C=O) groups is 1. The largest absolute Gasteiger partial charge is 0.366 e. The van der Waals surface area contributed by atoms with Gasteiger partial charge in [0.2, 0.25) is 5.91 Å². The van der Waals surface area contributed by atoms with Gasteiger partial charge in [0.15, 0.2) is 0 Å². The van der Waals surface area contributed by atoms with E-state index in [1.165, 1.54) is 6.08 Å². The summed E-state index contributed by atoms with van der Waals surface area (Å²) in [7, 11) is -4.06. The monoisotopic (exact) mass is 431 g/mol. The normalized spacial score (nSPS) is 11.0. The number of halogens is 2. The van der Waals surface area contributed by atoms with Gasteiger partial charge in [-0.2, -0.15) is 8.42 Å². The Morgan fingerprint density at radius 1 is 1.25 bits per heavy atom. The third-order valence-corrected chi connectivity index (χ3v) is 4.04. The van der Waals surface area contributed by atoms with E-state index in [4.69, 9.17) is 21.9 Å². The van der Waals surface area contributed by atoms with Crippen LogP contribution < -0.4 is 5.73 Å². The Kier molecular flexibility index (Phi) is 7.62. The number of amides is 1. The molecule has 0 saturated heterocycles. The minimum absolute atomic E-state index is 0.406. The Labute approximate surface area is 154 Å². The van der Waals surface area contributed by atoms with E-state index in [0.29, 0.717) is 21.6 Å². The van der Waals surface area contributed by atoms with Crippen molar-refractivity contribution in [1.29, 1.82) is 0 Å². The number of hydrogen-bond acceptors (Lipinski definition) is 3. The zero-order valence-corrected chi connectivity index (χ0v) is 15.8. The van der Waals surface area contributed by atoms with Gasteiger partial charge in [0.1, 0.15) is 0 Å². The second-order valence-corrected chi connectivity index (χ2v) is 7.31. The highest BCUT2D eigenvalue weighted by atomic mass is 79.9. The number of nitrogens with two attached hydrogens (primary N) is 1. The molecule has 5 nitrogen and oxygen atoms in total. The van der Waals surface area contributed by atoms with Crippen molar-refractivity contribution in [3.63, 3.8) is 0 Å². The van der Waals surface area contributed by atoms with Crippen molar-refractivity contribution in [1.82, 2.24) is 0 Å². The van der Waals surface area contributed by atoms with Crippen molar-refractivity contribution in [2.24, 2.45) is 5.73 Å². The maximum absolute atomic E-state index is 10.7. The van der Waals surface area contributed by atoms with Gasteiger partial charge in [-0.05, 0) is 64.3 Å². The van der Waals surface area contributed by atoms with Gasteiger partial charge in [-0.1, -0.05) is 29.8 Å². The second kappa shape index (κ2) is 8.98. The summed E-state index contributed by atoms with van der Waals surface area (Å²) in [4.78, 5) is 10.7. The van der Waals surface area contributed by atoms with E-state index < -0.39 is 16.0 Å². The number of primary amides is 1. The average Bonchev–Trinajstić information content (AvgIpc) is 2.45. The molecule has 0 spiro atoms. The highest BCUT2D eigenvalue weighted by molar-refractivity contribution is 9.10. The predicted molar refractivity (Wildman–Crippen MR) is 99.4 cm³/mol. The van der Waals surface area contributed by atoms with Crippen LogP contribution in [0.15, 0.2) is 52.3 Å². The van der Waals surface area contributed by atoms with Crippen LogP contribution in [0.3, 0.4) is 0 Å². The van der Waals surface area contributed by atoms with E-state index in [0.717, 1.165) is 10.0 Å². The quantitative estimate of drug-likeness (QED) is 0.715. The molecule has 2 aromatic rings. The summed E-state index contributed by atoms with van der Waals surface area (Å²) in [5.41, 5.74) is 7.33. The molecule has 2 aromatic carbocycles. The lowest BCUT2D eigenvalue weighted by molar-refractivity contribution is 0.0999. The maximum Gasteiger partial charge on any atom is 0.287 e. The van der Waals surface area contributed by atoms with Crippen molar-refractivity contribution in [2.75, 3.05) is 0 Å². The Balaban J connectivity index is 0.000000243. The number of aryl methyl sites for hydroxylation is 1. The topological polar surface area (TPSA) is 97.5 Å². The zero-order chi connectivity index (χ0) is 18.3. The van der Waals surface area contributed by atoms with Crippen LogP contribution >= 0.6 is 27.5 Å². The van der Waals surface area contributed by atoms with Gasteiger partial charge in [0, 0.05) is 9.50 Å². The van der Waals surface area contributed by atoms with Gasteiger partial charge >= 0.3 is 0 Å². The number of benzene rings is 2. The third kappa shape index (κ3) is 7.74. The summed E-state index contributed by atoms with van der Waals surface area (Å²) in [5, 5.41) is 1.22. The summed E-state index contributed by atoms with van der Waals surface area (Å²) in [5.74, 6) is -0.406. The van der Waals surface area contributed by atoms with Crippen LogP contribution in [0.2, 0.25) is 5.02 Å². The summed E-state index contributed by atoms with van der Waals surface area (Å²) < 4.78 is 29.8. The van der Waals surface area contributed by atoms with Gasteiger partial charge in [-0.25, -0.2) is 0 Å². The van der Waals surface area contributed by atoms with Crippen molar-refractivity contribution in [3.8, 4) is 0 Å². The Morgan fingerprint density at radius 3 is 2.42 bits per heavy atom. The van der Waals surface area contributed by atoms with E-state index in [-0.39, 0.29) is 0 Å². The van der Waals surface area contributed by atoms with Gasteiger partial charge < -0.3 is 5.73 Å². The first-order chi connectivity index (χ1) is 11.1. The molecule has 8 heteroatoms. The summed E-state index contributed by atoms with van der Waals surface area (Å²) in [6, 6.07) is 12.0. The van der Waals surface area contributed by atoms with Gasteiger partial charge in [-0.15, -0.1) is 0 Å². The minimum atomic E-state index is -4.06. The number of rotatable bonds is 3. The third-order valence-electron chi connectivity index (χ3n) is 2.67. The van der Waals surface area contributed by atoms with Crippen LogP contribution in [0.25, 0.3) is 6.08 Å². The molecule has 0 aliphatic heterocycles. The van der Waals surface area contributed by atoms with Crippen LogP contribution in [0.4, 0.5) is 0 Å². The fourth-order valence-corrected chi connectivity index (χ4v) is 2.81. The van der Waals surface area contributed by atoms with Crippen LogP contribution in [0, 0.1) is 6.92 Å². The number of carbonyl (C=O) groups excluding carboxylic acids is 1. The lowest BCUT2D eigenvalue weighted by Crippen LogP contribution is -2.11. The van der Waals surface area contributed by atoms with Crippen LogP contribution in [0.5, 0.6) is 0 Å². The molecule has 0 aromatic heterocycles. The fraction of sp³-hybridized carbons (Fsp3) is 0.0625. The van der Waals surface area contributed by atoms with Crippen molar-refractivity contribution < 1.29 is 17.8 Å². The molecule has 0 radical (unpaired) electrons. The molecule has 1 amide bonds. The van der Waals surface area contributed by atoms with Crippen LogP contribution in [-0.4, -0.2) is 18.9 Å². The summed E-state index contributed by atoms with van der Waals surface area (Å²) in [6.45, 7) is 1.95. The van der Waals surface area contributed by atoms with Gasteiger partial charge in [0.05, 0.1) is 11.0 Å². The highest BCUT2D eigenvalue weighted by Gasteiger charge is 2.04. The van der Waals surface area contributed by atoms with E-state index in [1.54, 1.807) is 30.3 Å². The van der Waals surface area contributed by atoms with Crippen molar-refractivity contribution in [3.05, 3.63) is 74.1 Å². The lowest BCUT2D eigenvalue weighted by Gasteiger charge is -1.99. The Hall–Kier alpha value is -1.67. The van der Waals surface area contributed by atoms with Crippen molar-refractivity contribution >= 4 is 49.6 Å². The number of hydrogen-bond donors (Lipinski definition) is 2. The molecule has 0 aliphatic carbocycles. The molecule has 0 unspecified atom stereocenters. The standard InChI is InChI=1S/C8H8BrNO.C8H7ClO3S/c1-5-2-3-6(8(10)11)7(9)4-5;9-8-3-1-2-7(6-8)4-5-13(10,11)12/h2-4H,1H3,(H2,10,11);1-6H,(H,10,11,12)/b;5-4+. The molecule has 0 saturated carbocycles. The molecular formula is C16H15BrClNO4S. The first-order valence-electron chi connectivity index (χ1n) is 6.55. The first kappa shape index (κ1) is 20.4. The van der Waals surface area contributed by atoms with Crippen LogP contribution in [-0.2, 0) is 10.1 Å². The van der Waals surface area contributed by atoms with E-state index in [1.807, 2.05) is 19.1 Å². The fourth-order valence-electron chi connectivity index (χ4n) is 1.59. The molecule has 128 valence electrons. The summed E-state index contributed by atoms with van der Waals surface area (Å²) in [6.07, 6.45) is 1.27.